The number of amides is 1. The van der Waals surface area contributed by atoms with Crippen molar-refractivity contribution in [1.29, 1.82) is 0 Å². The topological polar surface area (TPSA) is 64.0 Å². The van der Waals surface area contributed by atoms with E-state index in [4.69, 9.17) is 11.6 Å². The van der Waals surface area contributed by atoms with Gasteiger partial charge in [-0.05, 0) is 37.5 Å². The van der Waals surface area contributed by atoms with Gasteiger partial charge < -0.3 is 5.32 Å². The Kier molecular flexibility index (Phi) is 5.52. The first-order valence-corrected chi connectivity index (χ1v) is 7.82. The van der Waals surface area contributed by atoms with Crippen LogP contribution in [-0.2, 0) is 13.5 Å². The zero-order valence-electron chi connectivity index (χ0n) is 11.6. The van der Waals surface area contributed by atoms with Crippen LogP contribution in [0.15, 0.2) is 29.1 Å². The predicted molar refractivity (Wildman–Crippen MR) is 84.1 cm³/mol. The molecule has 0 atom stereocenters. The van der Waals surface area contributed by atoms with Gasteiger partial charge in [-0.25, -0.2) is 4.68 Å². The molecule has 0 saturated carbocycles. The Hall–Kier alpha value is -1.66. The Morgan fingerprint density at radius 3 is 2.81 bits per heavy atom. The van der Waals surface area contributed by atoms with Crippen molar-refractivity contribution in [2.45, 2.75) is 19.3 Å². The second-order valence-electron chi connectivity index (χ2n) is 4.60. The van der Waals surface area contributed by atoms with Gasteiger partial charge in [0.15, 0.2) is 0 Å². The molecule has 0 saturated heterocycles. The molecule has 0 aliphatic heterocycles. The highest BCUT2D eigenvalue weighted by Crippen LogP contribution is 2.22. The van der Waals surface area contributed by atoms with E-state index < -0.39 is 0 Å². The third kappa shape index (κ3) is 4.68. The second kappa shape index (κ2) is 7.38. The Morgan fingerprint density at radius 1 is 1.33 bits per heavy atom. The number of thiophene rings is 1. The van der Waals surface area contributed by atoms with E-state index in [1.54, 1.807) is 11.3 Å². The van der Waals surface area contributed by atoms with E-state index >= 15 is 0 Å². The largest absolute Gasteiger partial charge is 0.351 e. The molecule has 0 aliphatic rings. The number of aromatic nitrogens is 2. The minimum Gasteiger partial charge on any atom is -0.351 e. The fraction of sp³-hybridized carbons (Fsp3) is 0.357. The molecule has 1 amide bonds. The Bertz CT molecular complexity index is 681. The molecule has 7 heteroatoms. The average Bonchev–Trinajstić information content (AvgIpc) is 2.87. The van der Waals surface area contributed by atoms with E-state index in [1.807, 2.05) is 12.1 Å². The standard InChI is InChI=1S/C14H16ClN3O2S/c1-18-13(19)8-6-11(17-18)14(20)16-9-3-2-4-10-5-7-12(15)21-10/h5-8H,2-4,9H2,1H3,(H,16,20). The molecule has 1 N–H and O–H groups in total. The van der Waals surface area contributed by atoms with Crippen LogP contribution in [0.1, 0.15) is 28.2 Å². The highest BCUT2D eigenvalue weighted by molar-refractivity contribution is 7.16. The van der Waals surface area contributed by atoms with E-state index in [-0.39, 0.29) is 17.2 Å². The van der Waals surface area contributed by atoms with Gasteiger partial charge in [0.05, 0.1) is 4.34 Å². The molecule has 5 nitrogen and oxygen atoms in total. The predicted octanol–water partition coefficient (Wildman–Crippen LogP) is 2.25. The van der Waals surface area contributed by atoms with E-state index in [9.17, 15) is 9.59 Å². The van der Waals surface area contributed by atoms with E-state index in [2.05, 4.69) is 10.4 Å². The smallest absolute Gasteiger partial charge is 0.271 e. The summed E-state index contributed by atoms with van der Waals surface area (Å²) in [5.74, 6) is -0.259. The normalized spacial score (nSPS) is 10.6. The summed E-state index contributed by atoms with van der Waals surface area (Å²) in [6.07, 6.45) is 2.83. The van der Waals surface area contributed by atoms with Crippen LogP contribution in [0.5, 0.6) is 0 Å². The van der Waals surface area contributed by atoms with Gasteiger partial charge in [-0.3, -0.25) is 9.59 Å². The zero-order valence-corrected chi connectivity index (χ0v) is 13.2. The van der Waals surface area contributed by atoms with Gasteiger partial charge in [0.1, 0.15) is 5.69 Å². The van der Waals surface area contributed by atoms with Crippen molar-refractivity contribution in [2.75, 3.05) is 6.54 Å². The Labute approximate surface area is 131 Å². The molecule has 0 unspecified atom stereocenters. The fourth-order valence-corrected chi connectivity index (χ4v) is 2.96. The second-order valence-corrected chi connectivity index (χ2v) is 6.40. The molecule has 2 aromatic rings. The fourth-order valence-electron chi connectivity index (χ4n) is 1.83. The highest BCUT2D eigenvalue weighted by atomic mass is 35.5. The molecule has 2 rings (SSSR count). The summed E-state index contributed by atoms with van der Waals surface area (Å²) in [6.45, 7) is 0.586. The molecule has 0 aromatic carbocycles. The number of halogens is 1. The quantitative estimate of drug-likeness (QED) is 0.828. The van der Waals surface area contributed by atoms with Crippen molar-refractivity contribution in [3.05, 3.63) is 49.5 Å². The molecular formula is C14H16ClN3O2S. The van der Waals surface area contributed by atoms with Crippen LogP contribution in [0.3, 0.4) is 0 Å². The monoisotopic (exact) mass is 325 g/mol. The third-order valence-electron chi connectivity index (χ3n) is 2.96. The molecule has 0 bridgehead atoms. The first-order chi connectivity index (χ1) is 10.1. The third-order valence-corrected chi connectivity index (χ3v) is 4.25. The number of hydrogen-bond donors (Lipinski definition) is 1. The summed E-state index contributed by atoms with van der Waals surface area (Å²) in [7, 11) is 1.52. The Balaban J connectivity index is 1.71. The first-order valence-electron chi connectivity index (χ1n) is 6.63. The number of aryl methyl sites for hydroxylation is 2. The summed E-state index contributed by atoms with van der Waals surface area (Å²) in [5.41, 5.74) is 0.0169. The SMILES string of the molecule is Cn1nc(C(=O)NCCCCc2ccc(Cl)s2)ccc1=O. The van der Waals surface area contributed by atoms with Gasteiger partial charge in [0.25, 0.3) is 11.5 Å². The molecule has 0 fully saturated rings. The minimum atomic E-state index is -0.259. The van der Waals surface area contributed by atoms with Gasteiger partial charge in [-0.2, -0.15) is 5.10 Å². The van der Waals surface area contributed by atoms with Gasteiger partial charge in [-0.1, -0.05) is 11.6 Å². The van der Waals surface area contributed by atoms with Crippen molar-refractivity contribution < 1.29 is 4.79 Å². The lowest BCUT2D eigenvalue weighted by molar-refractivity contribution is 0.0945. The van der Waals surface area contributed by atoms with Crippen molar-refractivity contribution in [3.8, 4) is 0 Å². The number of carbonyl (C=O) groups excluding carboxylic acids is 1. The van der Waals surface area contributed by atoms with Crippen LogP contribution < -0.4 is 10.9 Å². The van der Waals surface area contributed by atoms with Gasteiger partial charge in [0.2, 0.25) is 0 Å². The maximum atomic E-state index is 11.8. The molecule has 0 radical (unpaired) electrons. The van der Waals surface area contributed by atoms with Crippen molar-refractivity contribution in [3.63, 3.8) is 0 Å². The molecule has 0 spiro atoms. The summed E-state index contributed by atoms with van der Waals surface area (Å²) in [4.78, 5) is 24.3. The van der Waals surface area contributed by atoms with Crippen LogP contribution in [0, 0.1) is 0 Å². The molecule has 2 heterocycles. The Morgan fingerprint density at radius 2 is 2.14 bits per heavy atom. The molecule has 21 heavy (non-hydrogen) atoms. The minimum absolute atomic E-state index is 0.235. The van der Waals surface area contributed by atoms with Crippen molar-refractivity contribution in [2.24, 2.45) is 7.05 Å². The number of nitrogens with zero attached hydrogens (tertiary/aromatic N) is 2. The number of nitrogens with one attached hydrogen (secondary N) is 1. The lowest BCUT2D eigenvalue weighted by Gasteiger charge is -2.05. The summed E-state index contributed by atoms with van der Waals surface area (Å²) in [6, 6.07) is 6.70. The highest BCUT2D eigenvalue weighted by Gasteiger charge is 2.07. The molecule has 2 aromatic heterocycles. The van der Waals surface area contributed by atoms with Crippen molar-refractivity contribution in [1.82, 2.24) is 15.1 Å². The van der Waals surface area contributed by atoms with E-state index in [1.165, 1.54) is 24.1 Å². The van der Waals surface area contributed by atoms with Gasteiger partial charge in [-0.15, -0.1) is 11.3 Å². The van der Waals surface area contributed by atoms with E-state index in [0.717, 1.165) is 28.3 Å². The number of carbonyl (C=O) groups is 1. The van der Waals surface area contributed by atoms with Crippen LogP contribution in [-0.4, -0.2) is 22.2 Å². The van der Waals surface area contributed by atoms with Gasteiger partial charge in [0, 0.05) is 24.5 Å². The summed E-state index contributed by atoms with van der Waals surface area (Å²) < 4.78 is 1.95. The number of hydrogen-bond acceptors (Lipinski definition) is 4. The number of unbranched alkanes of at least 4 members (excludes halogenated alkanes) is 1. The van der Waals surface area contributed by atoms with Crippen LogP contribution >= 0.6 is 22.9 Å². The summed E-state index contributed by atoms with van der Waals surface area (Å²) >= 11 is 7.45. The van der Waals surface area contributed by atoms with Crippen LogP contribution in [0.4, 0.5) is 0 Å². The van der Waals surface area contributed by atoms with Crippen molar-refractivity contribution >= 4 is 28.8 Å². The number of rotatable bonds is 6. The lowest BCUT2D eigenvalue weighted by Crippen LogP contribution is -2.29. The first kappa shape index (κ1) is 15.7. The molecule has 112 valence electrons. The summed E-state index contributed by atoms with van der Waals surface area (Å²) in [5, 5.41) is 6.70. The zero-order chi connectivity index (χ0) is 15.2. The van der Waals surface area contributed by atoms with E-state index in [0.29, 0.717) is 6.54 Å². The van der Waals surface area contributed by atoms with Gasteiger partial charge >= 0.3 is 0 Å². The lowest BCUT2D eigenvalue weighted by atomic mass is 10.2. The maximum absolute atomic E-state index is 11.8. The average molecular weight is 326 g/mol. The molecule has 0 aliphatic carbocycles. The van der Waals surface area contributed by atoms with Crippen LogP contribution in [0.25, 0.3) is 0 Å². The van der Waals surface area contributed by atoms with Crippen LogP contribution in [0.2, 0.25) is 4.34 Å². The maximum Gasteiger partial charge on any atom is 0.271 e. The molecular weight excluding hydrogens is 310 g/mol.